The van der Waals surface area contributed by atoms with Gasteiger partial charge in [0.1, 0.15) is 11.5 Å². The molecular weight excluding hydrogens is 304 g/mol. The number of phenols is 2. The van der Waals surface area contributed by atoms with Crippen LogP contribution in [-0.4, -0.2) is 10.2 Å². The van der Waals surface area contributed by atoms with E-state index in [-0.39, 0.29) is 5.75 Å². The van der Waals surface area contributed by atoms with Crippen molar-refractivity contribution in [2.75, 3.05) is 0 Å². The molecule has 0 aliphatic heterocycles. The summed E-state index contributed by atoms with van der Waals surface area (Å²) in [7, 11) is 0. The molecule has 0 fully saturated rings. The fourth-order valence-electron chi connectivity index (χ4n) is 3.39. The highest BCUT2D eigenvalue weighted by Crippen LogP contribution is 2.44. The SMILES string of the molecule is Oc1ccc2ccc3sc4c5ccccc5c(O)cc4c3c2c1. The lowest BCUT2D eigenvalue weighted by molar-refractivity contribution is 0.476. The third-order valence-corrected chi connectivity index (χ3v) is 5.63. The lowest BCUT2D eigenvalue weighted by Crippen LogP contribution is -1.77. The van der Waals surface area contributed by atoms with E-state index in [1.807, 2.05) is 36.4 Å². The average molecular weight is 316 g/mol. The molecule has 4 aromatic carbocycles. The highest BCUT2D eigenvalue weighted by Gasteiger charge is 2.13. The van der Waals surface area contributed by atoms with E-state index >= 15 is 0 Å². The van der Waals surface area contributed by atoms with Gasteiger partial charge in [-0.25, -0.2) is 0 Å². The van der Waals surface area contributed by atoms with Gasteiger partial charge in [-0.2, -0.15) is 0 Å². The summed E-state index contributed by atoms with van der Waals surface area (Å²) in [6.45, 7) is 0. The first-order valence-corrected chi connectivity index (χ1v) is 8.23. The second-order valence-electron chi connectivity index (χ2n) is 5.76. The summed E-state index contributed by atoms with van der Waals surface area (Å²) in [5, 5.41) is 26.5. The summed E-state index contributed by atoms with van der Waals surface area (Å²) in [5.74, 6) is 0.555. The van der Waals surface area contributed by atoms with Crippen molar-refractivity contribution in [2.45, 2.75) is 0 Å². The molecule has 5 rings (SSSR count). The number of aromatic hydroxyl groups is 2. The van der Waals surface area contributed by atoms with Crippen LogP contribution in [-0.2, 0) is 0 Å². The van der Waals surface area contributed by atoms with Crippen LogP contribution in [0.4, 0.5) is 0 Å². The number of phenolic OH excluding ortho intramolecular Hbond substituents is 2. The van der Waals surface area contributed by atoms with Gasteiger partial charge in [0, 0.05) is 30.9 Å². The van der Waals surface area contributed by atoms with Gasteiger partial charge in [-0.05, 0) is 35.0 Å². The summed E-state index contributed by atoms with van der Waals surface area (Å²) < 4.78 is 2.33. The van der Waals surface area contributed by atoms with Crippen LogP contribution in [0.15, 0.2) is 60.7 Å². The quantitative estimate of drug-likeness (QED) is 0.380. The predicted octanol–water partition coefficient (Wildman–Crippen LogP) is 5.77. The van der Waals surface area contributed by atoms with Crippen molar-refractivity contribution >= 4 is 53.1 Å². The van der Waals surface area contributed by atoms with Gasteiger partial charge in [0.05, 0.1) is 0 Å². The van der Waals surface area contributed by atoms with Gasteiger partial charge in [-0.15, -0.1) is 11.3 Å². The number of thiophene rings is 1. The van der Waals surface area contributed by atoms with Gasteiger partial charge in [-0.3, -0.25) is 0 Å². The molecule has 2 nitrogen and oxygen atoms in total. The largest absolute Gasteiger partial charge is 0.508 e. The topological polar surface area (TPSA) is 40.5 Å². The molecule has 1 aromatic heterocycles. The number of hydrogen-bond donors (Lipinski definition) is 2. The molecule has 0 saturated carbocycles. The molecule has 0 bridgehead atoms. The molecule has 2 N–H and O–H groups in total. The van der Waals surface area contributed by atoms with E-state index in [1.54, 1.807) is 23.5 Å². The van der Waals surface area contributed by atoms with Gasteiger partial charge in [0.25, 0.3) is 0 Å². The smallest absolute Gasteiger partial charge is 0.124 e. The first-order valence-electron chi connectivity index (χ1n) is 7.41. The van der Waals surface area contributed by atoms with Crippen LogP contribution in [0.25, 0.3) is 41.7 Å². The molecule has 0 aliphatic rings. The van der Waals surface area contributed by atoms with E-state index in [1.165, 1.54) is 4.70 Å². The summed E-state index contributed by atoms with van der Waals surface area (Å²) >= 11 is 1.73. The van der Waals surface area contributed by atoms with E-state index in [4.69, 9.17) is 0 Å². The third-order valence-electron chi connectivity index (χ3n) is 4.42. The maximum absolute atomic E-state index is 10.4. The van der Waals surface area contributed by atoms with E-state index in [0.717, 1.165) is 37.0 Å². The van der Waals surface area contributed by atoms with Gasteiger partial charge in [0.2, 0.25) is 0 Å². The molecule has 3 heteroatoms. The third kappa shape index (κ3) is 1.68. The van der Waals surface area contributed by atoms with Crippen molar-refractivity contribution in [1.29, 1.82) is 0 Å². The van der Waals surface area contributed by atoms with Gasteiger partial charge < -0.3 is 10.2 Å². The number of hydrogen-bond acceptors (Lipinski definition) is 3. The minimum atomic E-state index is 0.259. The lowest BCUT2D eigenvalue weighted by atomic mass is 10.0. The fourth-order valence-corrected chi connectivity index (χ4v) is 4.62. The summed E-state index contributed by atoms with van der Waals surface area (Å²) in [6, 6.07) is 19.4. The molecule has 0 aliphatic carbocycles. The fraction of sp³-hybridized carbons (Fsp3) is 0. The lowest BCUT2D eigenvalue weighted by Gasteiger charge is -2.04. The van der Waals surface area contributed by atoms with Crippen molar-refractivity contribution in [3.63, 3.8) is 0 Å². The highest BCUT2D eigenvalue weighted by atomic mass is 32.1. The predicted molar refractivity (Wildman–Crippen MR) is 97.7 cm³/mol. The number of fused-ring (bicyclic) bond motifs is 7. The van der Waals surface area contributed by atoms with E-state index in [2.05, 4.69) is 12.1 Å². The number of rotatable bonds is 0. The molecule has 0 unspecified atom stereocenters. The van der Waals surface area contributed by atoms with Crippen LogP contribution in [0.3, 0.4) is 0 Å². The normalized spacial score (nSPS) is 11.8. The maximum atomic E-state index is 10.4. The Labute approximate surface area is 135 Å². The average Bonchev–Trinajstić information content (AvgIpc) is 2.94. The Kier molecular flexibility index (Phi) is 2.42. The zero-order chi connectivity index (χ0) is 15.6. The van der Waals surface area contributed by atoms with Gasteiger partial charge >= 0.3 is 0 Å². The molecule has 0 spiro atoms. The molecule has 0 atom stereocenters. The molecule has 5 aromatic rings. The van der Waals surface area contributed by atoms with Crippen LogP contribution in [0.1, 0.15) is 0 Å². The molecule has 0 saturated heterocycles. The molecule has 110 valence electrons. The standard InChI is InChI=1S/C20H12O2S/c21-12-7-5-11-6-8-18-19(15(11)9-12)16-10-17(22)13-3-1-2-4-14(13)20(16)23-18/h1-10,21-22H. The number of benzene rings is 4. The zero-order valence-corrected chi connectivity index (χ0v) is 12.9. The first-order chi connectivity index (χ1) is 11.2. The molecule has 0 amide bonds. The molecular formula is C20H12O2S. The summed E-state index contributed by atoms with van der Waals surface area (Å²) in [4.78, 5) is 0. The van der Waals surface area contributed by atoms with Crippen molar-refractivity contribution < 1.29 is 10.2 Å². The molecule has 23 heavy (non-hydrogen) atoms. The van der Waals surface area contributed by atoms with Crippen LogP contribution >= 0.6 is 11.3 Å². The van der Waals surface area contributed by atoms with Gasteiger partial charge in [0.15, 0.2) is 0 Å². The van der Waals surface area contributed by atoms with Crippen LogP contribution in [0.5, 0.6) is 11.5 Å². The molecule has 0 radical (unpaired) electrons. The van der Waals surface area contributed by atoms with E-state index in [0.29, 0.717) is 5.75 Å². The minimum absolute atomic E-state index is 0.259. The molecule has 1 heterocycles. The second-order valence-corrected chi connectivity index (χ2v) is 6.82. The Morgan fingerprint density at radius 3 is 2.35 bits per heavy atom. The summed E-state index contributed by atoms with van der Waals surface area (Å²) in [5.41, 5.74) is 0. The van der Waals surface area contributed by atoms with Crippen molar-refractivity contribution in [3.05, 3.63) is 60.7 Å². The first kappa shape index (κ1) is 12.7. The zero-order valence-electron chi connectivity index (χ0n) is 12.1. The van der Waals surface area contributed by atoms with Crippen LogP contribution in [0, 0.1) is 0 Å². The Balaban J connectivity index is 2.11. The Hall–Kier alpha value is -2.78. The monoisotopic (exact) mass is 316 g/mol. The Bertz CT molecular complexity index is 1230. The van der Waals surface area contributed by atoms with Crippen LogP contribution < -0.4 is 0 Å². The van der Waals surface area contributed by atoms with Crippen molar-refractivity contribution in [2.24, 2.45) is 0 Å². The second kappa shape index (κ2) is 4.37. The van der Waals surface area contributed by atoms with Gasteiger partial charge in [-0.1, -0.05) is 36.4 Å². The maximum Gasteiger partial charge on any atom is 0.124 e. The Morgan fingerprint density at radius 2 is 1.48 bits per heavy atom. The van der Waals surface area contributed by atoms with E-state index < -0.39 is 0 Å². The Morgan fingerprint density at radius 1 is 0.696 bits per heavy atom. The highest BCUT2D eigenvalue weighted by molar-refractivity contribution is 7.26. The van der Waals surface area contributed by atoms with Crippen LogP contribution in [0.2, 0.25) is 0 Å². The van der Waals surface area contributed by atoms with Crippen molar-refractivity contribution in [3.8, 4) is 11.5 Å². The summed E-state index contributed by atoms with van der Waals surface area (Å²) in [6.07, 6.45) is 0. The van der Waals surface area contributed by atoms with Crippen molar-refractivity contribution in [1.82, 2.24) is 0 Å². The minimum Gasteiger partial charge on any atom is -0.508 e. The van der Waals surface area contributed by atoms with E-state index in [9.17, 15) is 10.2 Å².